The third-order valence-corrected chi connectivity index (χ3v) is 8.78. The Morgan fingerprint density at radius 2 is 1.84 bits per heavy atom. The van der Waals surface area contributed by atoms with Crippen LogP contribution in [0, 0.1) is 5.92 Å². The molecule has 0 amide bonds. The summed E-state index contributed by atoms with van der Waals surface area (Å²) in [7, 11) is -3.23. The van der Waals surface area contributed by atoms with Crippen LogP contribution in [0.5, 0.6) is 0 Å². The summed E-state index contributed by atoms with van der Waals surface area (Å²) in [6.07, 6.45) is -3.86. The van der Waals surface area contributed by atoms with Gasteiger partial charge in [0.15, 0.2) is 5.34 Å². The smallest absolute Gasteiger partial charge is 0.359 e. The zero-order chi connectivity index (χ0) is 23.9. The molecule has 0 saturated carbocycles. The Hall–Kier alpha value is -1.33. The summed E-state index contributed by atoms with van der Waals surface area (Å²) in [5.41, 5.74) is -2.68. The molecule has 31 heavy (non-hydrogen) atoms. The van der Waals surface area contributed by atoms with Crippen molar-refractivity contribution in [3.8, 4) is 0 Å². The monoisotopic (exact) mass is 464 g/mol. The summed E-state index contributed by atoms with van der Waals surface area (Å²) in [4.78, 5) is 36.8. The van der Waals surface area contributed by atoms with Crippen molar-refractivity contribution >= 4 is 7.60 Å². The first-order valence-corrected chi connectivity index (χ1v) is 11.8. The fourth-order valence-electron chi connectivity index (χ4n) is 3.56. The molecule has 178 valence electrons. The SMILES string of the molecule is CCC(C)(OP(=O)(O)C(C)(O)CC)C(C)C1OC(c2c[nH]c(=O)n(C)c2=O)C(O)C1O. The second kappa shape index (κ2) is 8.90. The van der Waals surface area contributed by atoms with Gasteiger partial charge in [0.05, 0.1) is 17.3 Å². The molecule has 12 heteroatoms. The van der Waals surface area contributed by atoms with E-state index in [1.54, 1.807) is 27.7 Å². The molecule has 8 atom stereocenters. The van der Waals surface area contributed by atoms with E-state index in [9.17, 15) is 34.4 Å². The van der Waals surface area contributed by atoms with Crippen molar-refractivity contribution in [1.29, 1.82) is 0 Å². The minimum absolute atomic E-state index is 0.0200. The molecule has 2 heterocycles. The van der Waals surface area contributed by atoms with Gasteiger partial charge in [-0.15, -0.1) is 0 Å². The summed E-state index contributed by atoms with van der Waals surface area (Å²) < 4.78 is 25.0. The van der Waals surface area contributed by atoms with Crippen molar-refractivity contribution in [3.63, 3.8) is 0 Å². The first-order chi connectivity index (χ1) is 14.1. The molecule has 0 radical (unpaired) electrons. The normalized spacial score (nSPS) is 30.9. The Kier molecular flexibility index (Phi) is 7.44. The van der Waals surface area contributed by atoms with Gasteiger partial charge in [-0.3, -0.25) is 18.5 Å². The maximum absolute atomic E-state index is 12.8. The van der Waals surface area contributed by atoms with Crippen LogP contribution >= 0.6 is 7.60 Å². The predicted molar refractivity (Wildman–Crippen MR) is 112 cm³/mol. The number of hydrogen-bond donors (Lipinski definition) is 5. The molecule has 1 saturated heterocycles. The molecule has 0 spiro atoms. The van der Waals surface area contributed by atoms with E-state index >= 15 is 0 Å². The summed E-state index contributed by atoms with van der Waals surface area (Å²) in [6.45, 7) is 7.65. The van der Waals surface area contributed by atoms with Gasteiger partial charge in [0, 0.05) is 19.2 Å². The fourth-order valence-corrected chi connectivity index (χ4v) is 5.02. The van der Waals surface area contributed by atoms with Crippen LogP contribution in [0.1, 0.15) is 59.1 Å². The Balaban J connectivity index is 2.37. The summed E-state index contributed by atoms with van der Waals surface area (Å²) >= 11 is 0. The lowest BCUT2D eigenvalue weighted by molar-refractivity contribution is -0.0955. The van der Waals surface area contributed by atoms with Crippen LogP contribution in [0.15, 0.2) is 15.8 Å². The first-order valence-electron chi connectivity index (χ1n) is 10.2. The fraction of sp³-hybridized carbons (Fsp3) is 0.789. The number of ether oxygens (including phenoxy) is 1. The number of aromatic amines is 1. The average Bonchev–Trinajstić information content (AvgIpc) is 2.99. The second-order valence-corrected chi connectivity index (χ2v) is 10.7. The van der Waals surface area contributed by atoms with Crippen molar-refractivity contribution < 1.29 is 34.0 Å². The van der Waals surface area contributed by atoms with E-state index < -0.39 is 60.1 Å². The van der Waals surface area contributed by atoms with Crippen molar-refractivity contribution in [3.05, 3.63) is 32.6 Å². The number of aliphatic hydroxyl groups excluding tert-OH is 2. The molecule has 1 aliphatic heterocycles. The van der Waals surface area contributed by atoms with Crippen LogP contribution in [-0.4, -0.2) is 59.0 Å². The molecule has 0 bridgehead atoms. The van der Waals surface area contributed by atoms with Gasteiger partial charge in [-0.05, 0) is 26.7 Å². The van der Waals surface area contributed by atoms with Crippen LogP contribution in [-0.2, 0) is 20.9 Å². The molecule has 1 aromatic rings. The van der Waals surface area contributed by atoms with E-state index in [0.717, 1.165) is 10.8 Å². The Morgan fingerprint density at radius 3 is 2.35 bits per heavy atom. The zero-order valence-corrected chi connectivity index (χ0v) is 19.5. The highest BCUT2D eigenvalue weighted by Gasteiger charge is 2.54. The highest BCUT2D eigenvalue weighted by molar-refractivity contribution is 7.54. The minimum Gasteiger partial charge on any atom is -0.388 e. The topological polar surface area (TPSA) is 171 Å². The quantitative estimate of drug-likeness (QED) is 0.341. The Bertz CT molecular complexity index is 958. The van der Waals surface area contributed by atoms with Crippen LogP contribution in [0.4, 0.5) is 0 Å². The molecule has 11 nitrogen and oxygen atoms in total. The lowest BCUT2D eigenvalue weighted by atomic mass is 9.82. The molecule has 0 aromatic carbocycles. The zero-order valence-electron chi connectivity index (χ0n) is 18.6. The summed E-state index contributed by atoms with van der Waals surface area (Å²) in [5.74, 6) is -0.730. The van der Waals surface area contributed by atoms with Crippen molar-refractivity contribution in [1.82, 2.24) is 9.55 Å². The van der Waals surface area contributed by atoms with E-state index in [0.29, 0.717) is 0 Å². The third-order valence-electron chi connectivity index (χ3n) is 6.58. The number of H-pyrrole nitrogens is 1. The van der Waals surface area contributed by atoms with E-state index in [1.165, 1.54) is 14.0 Å². The number of nitrogens with zero attached hydrogens (tertiary/aromatic N) is 1. The molecular formula is C19H33N2O9P. The van der Waals surface area contributed by atoms with Crippen LogP contribution in [0.3, 0.4) is 0 Å². The maximum atomic E-state index is 12.8. The van der Waals surface area contributed by atoms with Gasteiger partial charge < -0.3 is 29.9 Å². The van der Waals surface area contributed by atoms with Gasteiger partial charge in [0.1, 0.15) is 18.3 Å². The lowest BCUT2D eigenvalue weighted by Gasteiger charge is -2.42. The molecule has 1 fully saturated rings. The molecule has 0 aliphatic carbocycles. The Labute approximate surface area is 180 Å². The summed E-state index contributed by atoms with van der Waals surface area (Å²) in [5, 5.41) is 29.5. The minimum atomic E-state index is -4.49. The van der Waals surface area contributed by atoms with Crippen molar-refractivity contribution in [2.75, 3.05) is 0 Å². The molecule has 5 N–H and O–H groups in total. The molecule has 2 rings (SSSR count). The van der Waals surface area contributed by atoms with Gasteiger partial charge in [-0.2, -0.15) is 0 Å². The van der Waals surface area contributed by atoms with E-state index in [2.05, 4.69) is 4.98 Å². The van der Waals surface area contributed by atoms with Gasteiger partial charge in [-0.25, -0.2) is 4.79 Å². The number of aromatic nitrogens is 2. The average molecular weight is 464 g/mol. The standard InChI is InChI=1S/C19H33N2O9P/c1-7-18(4,30-31(27,28)19(5,26)8-2)10(3)14-12(22)13(23)15(29-14)11-9-20-17(25)21(6)16(11)24/h9-10,12-15,22-23,26H,7-8H2,1-6H3,(H,20,25)(H,27,28). The predicted octanol–water partition coefficient (Wildman–Crippen LogP) is 0.361. The number of nitrogens with one attached hydrogen (secondary N) is 1. The second-order valence-electron chi connectivity index (χ2n) is 8.55. The van der Waals surface area contributed by atoms with E-state index in [4.69, 9.17) is 9.26 Å². The Morgan fingerprint density at radius 1 is 1.26 bits per heavy atom. The number of hydrogen-bond acceptors (Lipinski definition) is 8. The lowest BCUT2D eigenvalue weighted by Crippen LogP contribution is -2.47. The van der Waals surface area contributed by atoms with E-state index in [1.807, 2.05) is 0 Å². The third kappa shape index (κ3) is 4.59. The van der Waals surface area contributed by atoms with Crippen molar-refractivity contribution in [2.45, 2.75) is 82.8 Å². The van der Waals surface area contributed by atoms with Gasteiger partial charge >= 0.3 is 13.3 Å². The largest absolute Gasteiger partial charge is 0.388 e. The van der Waals surface area contributed by atoms with Gasteiger partial charge in [-0.1, -0.05) is 20.8 Å². The molecular weight excluding hydrogens is 431 g/mol. The van der Waals surface area contributed by atoms with Crippen LogP contribution < -0.4 is 11.2 Å². The molecule has 8 unspecified atom stereocenters. The molecule has 1 aliphatic rings. The number of aliphatic hydroxyl groups is 3. The molecule has 1 aromatic heterocycles. The van der Waals surface area contributed by atoms with Crippen molar-refractivity contribution in [2.24, 2.45) is 13.0 Å². The van der Waals surface area contributed by atoms with Gasteiger partial charge in [0.25, 0.3) is 5.56 Å². The maximum Gasteiger partial charge on any atom is 0.359 e. The highest BCUT2D eigenvalue weighted by Crippen LogP contribution is 2.59. The van der Waals surface area contributed by atoms with E-state index in [-0.39, 0.29) is 18.4 Å². The summed E-state index contributed by atoms with van der Waals surface area (Å²) in [6, 6.07) is 0. The van der Waals surface area contributed by atoms with Gasteiger partial charge in [0.2, 0.25) is 0 Å². The first kappa shape index (κ1) is 25.9. The number of rotatable bonds is 8. The van der Waals surface area contributed by atoms with Crippen LogP contribution in [0.2, 0.25) is 0 Å². The van der Waals surface area contributed by atoms with Crippen LogP contribution in [0.25, 0.3) is 0 Å². The highest BCUT2D eigenvalue weighted by atomic mass is 31.2.